The monoisotopic (exact) mass is 548 g/mol. The molecule has 1 amide bonds. The highest BCUT2D eigenvalue weighted by Gasteiger charge is 2.53. The van der Waals surface area contributed by atoms with Gasteiger partial charge in [0.25, 0.3) is 0 Å². The summed E-state index contributed by atoms with van der Waals surface area (Å²) in [5, 5.41) is 5.53. The van der Waals surface area contributed by atoms with Crippen LogP contribution in [0.5, 0.6) is 0 Å². The minimum atomic E-state index is -4.45. The van der Waals surface area contributed by atoms with Crippen molar-refractivity contribution in [1.29, 1.82) is 0 Å². The summed E-state index contributed by atoms with van der Waals surface area (Å²) in [6.45, 7) is 8.35. The summed E-state index contributed by atoms with van der Waals surface area (Å²) >= 11 is 0. The van der Waals surface area contributed by atoms with Gasteiger partial charge in [-0.3, -0.25) is 32.7 Å². The number of azide groups is 1. The summed E-state index contributed by atoms with van der Waals surface area (Å²) in [5.41, 5.74) is 8.52. The maximum atomic E-state index is 13.3. The Morgan fingerprint density at radius 2 is 1.59 bits per heavy atom. The molecule has 206 valence electrons. The second-order valence-electron chi connectivity index (χ2n) is 7.20. The molecule has 1 heterocycles. The standard InChI is InChI=1S/C20H29N4O12P/c1-6-8-31-37(29,32-9-7-2)36-20-17(23-16(28)10-22-24-21)19(34-14(5)27)18(33-13(4)26)15(35-20)11-30-12(3)25/h6-7,15,17-20H,1-2,8-11H2,3-5H3,(H,23,28)/t15?,17?,18-,19+,20+/m0/s1. The first-order chi connectivity index (χ1) is 17.5. The second kappa shape index (κ2) is 15.8. The molecule has 37 heavy (non-hydrogen) atoms. The van der Waals surface area contributed by atoms with Gasteiger partial charge in [0.2, 0.25) is 5.91 Å². The van der Waals surface area contributed by atoms with E-state index in [9.17, 15) is 23.7 Å². The van der Waals surface area contributed by atoms with Gasteiger partial charge in [0.15, 0.2) is 18.5 Å². The summed E-state index contributed by atoms with van der Waals surface area (Å²) in [6, 6.07) is -1.52. The number of ether oxygens (including phenoxy) is 4. The highest BCUT2D eigenvalue weighted by atomic mass is 31.2. The van der Waals surface area contributed by atoms with Gasteiger partial charge in [0, 0.05) is 25.7 Å². The largest absolute Gasteiger partial charge is 0.477 e. The van der Waals surface area contributed by atoms with Gasteiger partial charge in [-0.15, -0.1) is 13.2 Å². The molecule has 2 unspecified atom stereocenters. The Balaban J connectivity index is 3.56. The number of carbonyl (C=O) groups is 4. The number of rotatable bonds is 15. The topological polar surface area (TPSA) is 211 Å². The molecule has 0 radical (unpaired) electrons. The van der Waals surface area contributed by atoms with Crippen molar-refractivity contribution in [3.8, 4) is 0 Å². The minimum absolute atomic E-state index is 0.282. The number of nitrogens with one attached hydrogen (secondary N) is 1. The average Bonchev–Trinajstić information content (AvgIpc) is 2.82. The molecule has 1 rings (SSSR count). The van der Waals surface area contributed by atoms with Crippen LogP contribution in [-0.4, -0.2) is 80.8 Å². The van der Waals surface area contributed by atoms with Crippen LogP contribution in [0.15, 0.2) is 30.4 Å². The van der Waals surface area contributed by atoms with Crippen LogP contribution in [0.2, 0.25) is 0 Å². The van der Waals surface area contributed by atoms with Crippen molar-refractivity contribution in [3.05, 3.63) is 35.8 Å². The molecule has 0 aromatic carbocycles. The van der Waals surface area contributed by atoms with Gasteiger partial charge in [-0.1, -0.05) is 17.3 Å². The lowest BCUT2D eigenvalue weighted by molar-refractivity contribution is -0.260. The Bertz CT molecular complexity index is 938. The van der Waals surface area contributed by atoms with Gasteiger partial charge in [0.05, 0.1) is 13.2 Å². The predicted octanol–water partition coefficient (Wildman–Crippen LogP) is 1.46. The molecule has 0 saturated carbocycles. The molecular formula is C20H29N4O12P. The highest BCUT2D eigenvalue weighted by molar-refractivity contribution is 7.48. The lowest BCUT2D eigenvalue weighted by atomic mass is 9.96. The molecule has 1 N–H and O–H groups in total. The number of phosphoric acid groups is 1. The summed E-state index contributed by atoms with van der Waals surface area (Å²) in [7, 11) is -4.45. The van der Waals surface area contributed by atoms with E-state index in [2.05, 4.69) is 28.5 Å². The summed E-state index contributed by atoms with van der Waals surface area (Å²) in [6.07, 6.45) is -3.53. The van der Waals surface area contributed by atoms with E-state index in [-0.39, 0.29) is 13.2 Å². The van der Waals surface area contributed by atoms with Crippen molar-refractivity contribution < 1.29 is 56.3 Å². The first-order valence-corrected chi connectivity index (χ1v) is 12.1. The van der Waals surface area contributed by atoms with Crippen LogP contribution in [0, 0.1) is 0 Å². The van der Waals surface area contributed by atoms with E-state index in [4.69, 9.17) is 38.0 Å². The first-order valence-electron chi connectivity index (χ1n) is 10.7. The number of hydrogen-bond donors (Lipinski definition) is 1. The van der Waals surface area contributed by atoms with Gasteiger partial charge >= 0.3 is 25.7 Å². The third-order valence-corrected chi connectivity index (χ3v) is 5.64. The molecule has 0 bridgehead atoms. The zero-order valence-electron chi connectivity index (χ0n) is 20.5. The molecular weight excluding hydrogens is 519 g/mol. The van der Waals surface area contributed by atoms with Crippen LogP contribution in [0.4, 0.5) is 0 Å². The molecule has 1 aliphatic rings. The summed E-state index contributed by atoms with van der Waals surface area (Å²) in [4.78, 5) is 50.1. The Hall–Kier alpha value is -3.26. The van der Waals surface area contributed by atoms with Crippen LogP contribution in [0.25, 0.3) is 10.4 Å². The van der Waals surface area contributed by atoms with Crippen molar-refractivity contribution in [1.82, 2.24) is 5.32 Å². The molecule has 16 nitrogen and oxygen atoms in total. The number of carbonyl (C=O) groups excluding carboxylic acids is 4. The molecule has 1 saturated heterocycles. The molecule has 1 aliphatic heterocycles. The normalized spacial score (nSPS) is 23.1. The number of hydrogen-bond acceptors (Lipinski definition) is 13. The Labute approximate surface area is 212 Å². The van der Waals surface area contributed by atoms with Crippen molar-refractivity contribution in [2.75, 3.05) is 26.4 Å². The van der Waals surface area contributed by atoms with Crippen LogP contribution in [0.1, 0.15) is 20.8 Å². The molecule has 0 aromatic rings. The van der Waals surface area contributed by atoms with Crippen LogP contribution in [-0.2, 0) is 56.3 Å². The third kappa shape index (κ3) is 11.1. The Morgan fingerprint density at radius 3 is 2.08 bits per heavy atom. The van der Waals surface area contributed by atoms with Crippen LogP contribution in [0.3, 0.4) is 0 Å². The third-order valence-electron chi connectivity index (χ3n) is 4.24. The van der Waals surface area contributed by atoms with Crippen molar-refractivity contribution >= 4 is 31.6 Å². The van der Waals surface area contributed by atoms with E-state index < -0.39 is 75.4 Å². The highest BCUT2D eigenvalue weighted by Crippen LogP contribution is 2.52. The van der Waals surface area contributed by atoms with Crippen molar-refractivity contribution in [2.45, 2.75) is 51.4 Å². The minimum Gasteiger partial charge on any atom is -0.463 e. The first kappa shape index (κ1) is 31.8. The quantitative estimate of drug-likeness (QED) is 0.0586. The van der Waals surface area contributed by atoms with E-state index >= 15 is 0 Å². The van der Waals surface area contributed by atoms with E-state index in [0.29, 0.717) is 0 Å². The predicted molar refractivity (Wildman–Crippen MR) is 123 cm³/mol. The van der Waals surface area contributed by atoms with E-state index in [0.717, 1.165) is 20.8 Å². The maximum absolute atomic E-state index is 13.3. The molecule has 5 atom stereocenters. The van der Waals surface area contributed by atoms with Gasteiger partial charge < -0.3 is 24.3 Å². The van der Waals surface area contributed by atoms with Crippen LogP contribution >= 0.6 is 7.82 Å². The van der Waals surface area contributed by atoms with Gasteiger partial charge in [0.1, 0.15) is 25.3 Å². The maximum Gasteiger partial charge on any atom is 0.477 e. The number of nitrogens with zero attached hydrogens (tertiary/aromatic N) is 3. The Morgan fingerprint density at radius 1 is 1.03 bits per heavy atom. The molecule has 0 aliphatic carbocycles. The summed E-state index contributed by atoms with van der Waals surface area (Å²) in [5.74, 6) is -3.29. The van der Waals surface area contributed by atoms with E-state index in [1.807, 2.05) is 0 Å². The lowest BCUT2D eigenvalue weighted by Gasteiger charge is -2.45. The fourth-order valence-electron chi connectivity index (χ4n) is 2.99. The average molecular weight is 548 g/mol. The lowest BCUT2D eigenvalue weighted by Crippen LogP contribution is -2.66. The van der Waals surface area contributed by atoms with E-state index in [1.54, 1.807) is 0 Å². The Kier molecular flexibility index (Phi) is 13.5. The fourth-order valence-corrected chi connectivity index (χ4v) is 4.19. The zero-order chi connectivity index (χ0) is 28.0. The van der Waals surface area contributed by atoms with Gasteiger partial charge in [-0.25, -0.2) is 4.57 Å². The number of esters is 3. The van der Waals surface area contributed by atoms with Crippen LogP contribution < -0.4 is 5.32 Å². The number of phosphoric ester groups is 1. The zero-order valence-corrected chi connectivity index (χ0v) is 21.4. The fraction of sp³-hybridized carbons (Fsp3) is 0.600. The molecule has 0 spiro atoms. The molecule has 1 fully saturated rings. The smallest absolute Gasteiger partial charge is 0.463 e. The molecule has 0 aromatic heterocycles. The number of amides is 1. The SMILES string of the molecule is C=CCOP(=O)(OCC=C)O[C@H]1OC(COC(C)=O)[C@H](OC(C)=O)[C@H](OC(C)=O)C1NC(=O)CN=[N+]=[N-]. The van der Waals surface area contributed by atoms with Crippen molar-refractivity contribution in [2.24, 2.45) is 5.11 Å². The van der Waals surface area contributed by atoms with Crippen molar-refractivity contribution in [3.63, 3.8) is 0 Å². The molecule has 17 heteroatoms. The summed E-state index contributed by atoms with van der Waals surface area (Å²) < 4.78 is 50.4. The van der Waals surface area contributed by atoms with Gasteiger partial charge in [-0.2, -0.15) is 0 Å². The second-order valence-corrected chi connectivity index (χ2v) is 8.82. The van der Waals surface area contributed by atoms with Gasteiger partial charge in [-0.05, 0) is 5.53 Å². The van der Waals surface area contributed by atoms with E-state index in [1.165, 1.54) is 12.2 Å².